The molecule has 0 amide bonds. The maximum Gasteiger partial charge on any atom is 0.0590 e. The van der Waals surface area contributed by atoms with E-state index in [0.717, 1.165) is 32.3 Å². The minimum Gasteiger partial charge on any atom is -0.383 e. The molecule has 1 aliphatic carbocycles. The third kappa shape index (κ3) is 3.19. The van der Waals surface area contributed by atoms with Gasteiger partial charge < -0.3 is 10.5 Å². The van der Waals surface area contributed by atoms with Crippen molar-refractivity contribution >= 4 is 0 Å². The van der Waals surface area contributed by atoms with Gasteiger partial charge in [0.15, 0.2) is 0 Å². The van der Waals surface area contributed by atoms with E-state index in [0.29, 0.717) is 12.1 Å². The first-order chi connectivity index (χ1) is 9.57. The smallest absolute Gasteiger partial charge is 0.0590 e. The second kappa shape index (κ2) is 6.73. The van der Waals surface area contributed by atoms with Crippen molar-refractivity contribution in [3.05, 3.63) is 0 Å². The Bertz CT molecular complexity index is 308. The van der Waals surface area contributed by atoms with Gasteiger partial charge in [-0.1, -0.05) is 6.92 Å². The lowest BCUT2D eigenvalue weighted by atomic mass is 9.91. The molecule has 2 N–H and O–H groups in total. The van der Waals surface area contributed by atoms with Gasteiger partial charge in [0.25, 0.3) is 0 Å². The van der Waals surface area contributed by atoms with Crippen LogP contribution in [0, 0.1) is 0 Å². The molecule has 3 atom stereocenters. The predicted molar refractivity (Wildman–Crippen MR) is 83.9 cm³/mol. The summed E-state index contributed by atoms with van der Waals surface area (Å²) in [6.45, 7) is 10.7. The van der Waals surface area contributed by atoms with Crippen molar-refractivity contribution in [1.29, 1.82) is 0 Å². The molecule has 0 spiro atoms. The summed E-state index contributed by atoms with van der Waals surface area (Å²) in [6.07, 6.45) is 5.14. The highest BCUT2D eigenvalue weighted by Crippen LogP contribution is 2.40. The largest absolute Gasteiger partial charge is 0.383 e. The summed E-state index contributed by atoms with van der Waals surface area (Å²) in [6, 6.07) is 2.07. The monoisotopic (exact) mass is 283 g/mol. The first-order valence-corrected chi connectivity index (χ1v) is 8.29. The first-order valence-electron chi connectivity index (χ1n) is 8.29. The Labute approximate surface area is 124 Å². The molecule has 2 aliphatic rings. The molecule has 0 aromatic heterocycles. The number of hydrogen-bond donors (Lipinski definition) is 1. The van der Waals surface area contributed by atoms with E-state index in [2.05, 4.69) is 30.6 Å². The molecule has 4 nitrogen and oxygen atoms in total. The zero-order chi connectivity index (χ0) is 14.8. The zero-order valence-electron chi connectivity index (χ0n) is 13.8. The number of rotatable bonds is 8. The van der Waals surface area contributed by atoms with Gasteiger partial charge in [-0.25, -0.2) is 0 Å². The molecule has 1 saturated heterocycles. The highest BCUT2D eigenvalue weighted by atomic mass is 16.5. The molecule has 4 heteroatoms. The second-order valence-corrected chi connectivity index (χ2v) is 6.83. The normalized spacial score (nSPS) is 33.0. The average Bonchev–Trinajstić information content (AvgIpc) is 3.23. The Morgan fingerprint density at radius 2 is 2.15 bits per heavy atom. The number of nitrogens with two attached hydrogens (primary N) is 1. The van der Waals surface area contributed by atoms with Crippen LogP contribution >= 0.6 is 0 Å². The second-order valence-electron chi connectivity index (χ2n) is 6.83. The summed E-state index contributed by atoms with van der Waals surface area (Å²) in [5, 5.41) is 0. The maximum absolute atomic E-state index is 6.27. The van der Waals surface area contributed by atoms with Gasteiger partial charge >= 0.3 is 0 Å². The fraction of sp³-hybridized carbons (Fsp3) is 1.00. The molecule has 0 bridgehead atoms. The summed E-state index contributed by atoms with van der Waals surface area (Å²) in [5.74, 6) is 0. The molecule has 0 radical (unpaired) electrons. The molecule has 20 heavy (non-hydrogen) atoms. The highest BCUT2D eigenvalue weighted by molar-refractivity contribution is 5.07. The Hall–Kier alpha value is -0.160. The quantitative estimate of drug-likeness (QED) is 0.736. The van der Waals surface area contributed by atoms with E-state index < -0.39 is 0 Å². The maximum atomic E-state index is 6.27. The van der Waals surface area contributed by atoms with Gasteiger partial charge in [-0.05, 0) is 39.5 Å². The highest BCUT2D eigenvalue weighted by Gasteiger charge is 2.49. The van der Waals surface area contributed by atoms with Crippen molar-refractivity contribution in [2.75, 3.05) is 33.4 Å². The van der Waals surface area contributed by atoms with Crippen molar-refractivity contribution in [2.24, 2.45) is 5.73 Å². The summed E-state index contributed by atoms with van der Waals surface area (Å²) < 4.78 is 5.33. The Morgan fingerprint density at radius 3 is 2.65 bits per heavy atom. The Morgan fingerprint density at radius 1 is 1.45 bits per heavy atom. The number of nitrogens with zero attached hydrogens (tertiary/aromatic N) is 2. The van der Waals surface area contributed by atoms with Crippen LogP contribution in [0.2, 0.25) is 0 Å². The van der Waals surface area contributed by atoms with Crippen molar-refractivity contribution < 1.29 is 4.74 Å². The average molecular weight is 283 g/mol. The van der Waals surface area contributed by atoms with E-state index in [9.17, 15) is 0 Å². The van der Waals surface area contributed by atoms with Crippen LogP contribution in [0.1, 0.15) is 46.5 Å². The van der Waals surface area contributed by atoms with E-state index in [1.54, 1.807) is 7.11 Å². The fourth-order valence-corrected chi connectivity index (χ4v) is 3.93. The number of likely N-dealkylation sites (tertiary alicyclic amines) is 1. The number of ether oxygens (including phenoxy) is 1. The lowest BCUT2D eigenvalue weighted by Gasteiger charge is -2.44. The molecular weight excluding hydrogens is 250 g/mol. The fourth-order valence-electron chi connectivity index (χ4n) is 3.93. The van der Waals surface area contributed by atoms with Crippen LogP contribution in [0.25, 0.3) is 0 Å². The molecule has 2 fully saturated rings. The molecule has 0 aromatic rings. The summed E-state index contributed by atoms with van der Waals surface area (Å²) >= 11 is 0. The van der Waals surface area contributed by atoms with E-state index in [1.165, 1.54) is 25.7 Å². The van der Waals surface area contributed by atoms with Crippen LogP contribution in [0.4, 0.5) is 0 Å². The SMILES string of the molecule is CCC(C)N(CCOC)C1(CN)CC(C)N(C2CC2)C1. The van der Waals surface area contributed by atoms with Crippen LogP contribution in [-0.4, -0.2) is 66.8 Å². The third-order valence-corrected chi connectivity index (χ3v) is 5.38. The molecular formula is C16H33N3O. The van der Waals surface area contributed by atoms with Gasteiger partial charge in [-0.15, -0.1) is 0 Å². The third-order valence-electron chi connectivity index (χ3n) is 5.38. The van der Waals surface area contributed by atoms with Gasteiger partial charge in [0.2, 0.25) is 0 Å². The topological polar surface area (TPSA) is 41.7 Å². The molecule has 0 aromatic carbocycles. The Kier molecular flexibility index (Phi) is 5.46. The molecule has 2 rings (SSSR count). The Balaban J connectivity index is 2.13. The minimum atomic E-state index is 0.149. The lowest BCUT2D eigenvalue weighted by molar-refractivity contribution is 0.0312. The van der Waals surface area contributed by atoms with Gasteiger partial charge in [0, 0.05) is 50.4 Å². The van der Waals surface area contributed by atoms with Crippen LogP contribution in [0.15, 0.2) is 0 Å². The standard InChI is InChI=1S/C16H33N3O/c1-5-13(2)19(8-9-20-4)16(11-17)10-14(3)18(12-16)15-6-7-15/h13-15H,5-12,17H2,1-4H3. The molecule has 1 aliphatic heterocycles. The van der Waals surface area contributed by atoms with E-state index >= 15 is 0 Å². The van der Waals surface area contributed by atoms with Crippen LogP contribution in [-0.2, 0) is 4.74 Å². The molecule has 1 heterocycles. The predicted octanol–water partition coefficient (Wildman–Crippen LogP) is 1.69. The van der Waals surface area contributed by atoms with Crippen LogP contribution in [0.5, 0.6) is 0 Å². The van der Waals surface area contributed by atoms with Crippen molar-refractivity contribution in [3.63, 3.8) is 0 Å². The zero-order valence-corrected chi connectivity index (χ0v) is 13.8. The summed E-state index contributed by atoms with van der Waals surface area (Å²) in [7, 11) is 1.79. The number of hydrogen-bond acceptors (Lipinski definition) is 4. The molecule has 1 saturated carbocycles. The lowest BCUT2D eigenvalue weighted by Crippen LogP contribution is -2.59. The van der Waals surface area contributed by atoms with Gasteiger partial charge in [-0.3, -0.25) is 9.80 Å². The molecule has 118 valence electrons. The van der Waals surface area contributed by atoms with Crippen LogP contribution in [0.3, 0.4) is 0 Å². The van der Waals surface area contributed by atoms with Crippen molar-refractivity contribution in [2.45, 2.75) is 70.1 Å². The number of methoxy groups -OCH3 is 1. The van der Waals surface area contributed by atoms with E-state index in [4.69, 9.17) is 10.5 Å². The molecule has 3 unspecified atom stereocenters. The van der Waals surface area contributed by atoms with Gasteiger partial charge in [0.05, 0.1) is 6.61 Å². The first kappa shape index (κ1) is 16.2. The van der Waals surface area contributed by atoms with Gasteiger partial charge in [0.1, 0.15) is 0 Å². The van der Waals surface area contributed by atoms with E-state index in [-0.39, 0.29) is 5.54 Å². The van der Waals surface area contributed by atoms with Crippen molar-refractivity contribution in [3.8, 4) is 0 Å². The van der Waals surface area contributed by atoms with Crippen LogP contribution < -0.4 is 5.73 Å². The van der Waals surface area contributed by atoms with Gasteiger partial charge in [-0.2, -0.15) is 0 Å². The van der Waals surface area contributed by atoms with Crippen molar-refractivity contribution in [1.82, 2.24) is 9.80 Å². The summed E-state index contributed by atoms with van der Waals surface area (Å²) in [5.41, 5.74) is 6.42. The van der Waals surface area contributed by atoms with E-state index in [1.807, 2.05) is 0 Å². The summed E-state index contributed by atoms with van der Waals surface area (Å²) in [4.78, 5) is 5.34. The minimum absolute atomic E-state index is 0.149.